The first-order valence-electron chi connectivity index (χ1n) is 9.01. The third kappa shape index (κ3) is 2.84. The Morgan fingerprint density at radius 3 is 2.91 bits per heavy atom. The molecule has 3 nitrogen and oxygen atoms in total. The minimum absolute atomic E-state index is 0.0340. The van der Waals surface area contributed by atoms with Crippen molar-refractivity contribution in [2.45, 2.75) is 65.9 Å². The summed E-state index contributed by atoms with van der Waals surface area (Å²) in [5, 5.41) is 3.47. The van der Waals surface area contributed by atoms with E-state index < -0.39 is 0 Å². The average molecular weight is 305 g/mol. The zero-order valence-electron chi connectivity index (χ0n) is 14.6. The predicted octanol–water partition coefficient (Wildman–Crippen LogP) is 3.69. The molecule has 1 saturated carbocycles. The molecule has 0 unspecified atom stereocenters. The van der Waals surface area contributed by atoms with Gasteiger partial charge in [-0.3, -0.25) is 4.79 Å². The van der Waals surface area contributed by atoms with Gasteiger partial charge in [-0.15, -0.1) is 0 Å². The third-order valence-electron chi connectivity index (χ3n) is 6.10. The lowest BCUT2D eigenvalue weighted by Gasteiger charge is -2.45. The normalized spacial score (nSPS) is 38.0. The zero-order chi connectivity index (χ0) is 15.9. The standard InChI is InChI=1S/C19H31NO2/c1-12(2)10-20-11-15-14-8-16-13(3)6-5-7-19(16,4)9-17(14)22-18(15)21/h12,14-15,17,20H,5-11H2,1-4H3/t14-,15+,17-,19-/m1/s1. The Balaban J connectivity index is 1.74. The number of allylic oxidation sites excluding steroid dienone is 2. The number of carbonyl (C=O) groups is 1. The molecule has 2 fully saturated rings. The van der Waals surface area contributed by atoms with Crippen LogP contribution in [0.5, 0.6) is 0 Å². The average Bonchev–Trinajstić information content (AvgIpc) is 2.71. The van der Waals surface area contributed by atoms with Gasteiger partial charge in [0.2, 0.25) is 0 Å². The molecule has 0 bridgehead atoms. The van der Waals surface area contributed by atoms with Crippen molar-refractivity contribution >= 4 is 5.97 Å². The summed E-state index contributed by atoms with van der Waals surface area (Å²) in [6, 6.07) is 0. The number of nitrogens with one attached hydrogen (secondary N) is 1. The fourth-order valence-electron chi connectivity index (χ4n) is 4.87. The molecule has 22 heavy (non-hydrogen) atoms. The number of rotatable bonds is 4. The molecule has 0 aromatic carbocycles. The third-order valence-corrected chi connectivity index (χ3v) is 6.10. The van der Waals surface area contributed by atoms with E-state index in [0.717, 1.165) is 25.9 Å². The van der Waals surface area contributed by atoms with Crippen LogP contribution in [0.25, 0.3) is 0 Å². The van der Waals surface area contributed by atoms with E-state index in [0.29, 0.717) is 11.8 Å². The quantitative estimate of drug-likeness (QED) is 0.636. The van der Waals surface area contributed by atoms with Crippen molar-refractivity contribution < 1.29 is 9.53 Å². The maximum Gasteiger partial charge on any atom is 0.310 e. The van der Waals surface area contributed by atoms with Gasteiger partial charge >= 0.3 is 5.97 Å². The number of carbonyl (C=O) groups excluding carboxylic acids is 1. The Morgan fingerprint density at radius 1 is 1.41 bits per heavy atom. The molecular weight excluding hydrogens is 274 g/mol. The van der Waals surface area contributed by atoms with Crippen molar-refractivity contribution in [1.29, 1.82) is 0 Å². The first-order valence-corrected chi connectivity index (χ1v) is 9.01. The minimum atomic E-state index is 0.0340. The van der Waals surface area contributed by atoms with Gasteiger partial charge in [0.15, 0.2) is 0 Å². The van der Waals surface area contributed by atoms with E-state index in [-0.39, 0.29) is 23.4 Å². The molecule has 0 amide bonds. The number of hydrogen-bond donors (Lipinski definition) is 1. The van der Waals surface area contributed by atoms with Gasteiger partial charge in [-0.25, -0.2) is 0 Å². The number of hydrogen-bond acceptors (Lipinski definition) is 3. The van der Waals surface area contributed by atoms with E-state index in [1.165, 1.54) is 19.3 Å². The summed E-state index contributed by atoms with van der Waals surface area (Å²) in [5.74, 6) is 1.09. The number of esters is 1. The van der Waals surface area contributed by atoms with Crippen molar-refractivity contribution in [1.82, 2.24) is 5.32 Å². The maximum atomic E-state index is 12.3. The molecule has 1 aliphatic heterocycles. The van der Waals surface area contributed by atoms with Crippen LogP contribution >= 0.6 is 0 Å². The summed E-state index contributed by atoms with van der Waals surface area (Å²) in [7, 11) is 0. The van der Waals surface area contributed by atoms with Crippen molar-refractivity contribution in [3.63, 3.8) is 0 Å². The predicted molar refractivity (Wildman–Crippen MR) is 88.5 cm³/mol. The second-order valence-electron chi connectivity index (χ2n) is 8.38. The first-order chi connectivity index (χ1) is 10.4. The molecule has 124 valence electrons. The minimum Gasteiger partial charge on any atom is -0.462 e. The van der Waals surface area contributed by atoms with Gasteiger partial charge in [-0.1, -0.05) is 31.9 Å². The Kier molecular flexibility index (Phi) is 4.37. The maximum absolute atomic E-state index is 12.3. The van der Waals surface area contributed by atoms with Crippen LogP contribution < -0.4 is 5.32 Å². The van der Waals surface area contributed by atoms with Crippen molar-refractivity contribution in [2.24, 2.45) is 23.2 Å². The van der Waals surface area contributed by atoms with Gasteiger partial charge in [-0.2, -0.15) is 0 Å². The zero-order valence-corrected chi connectivity index (χ0v) is 14.6. The van der Waals surface area contributed by atoms with Crippen LogP contribution in [0.4, 0.5) is 0 Å². The number of fused-ring (bicyclic) bond motifs is 2. The highest BCUT2D eigenvalue weighted by molar-refractivity contribution is 5.76. The smallest absolute Gasteiger partial charge is 0.310 e. The first kappa shape index (κ1) is 16.0. The summed E-state index contributed by atoms with van der Waals surface area (Å²) >= 11 is 0. The summed E-state index contributed by atoms with van der Waals surface area (Å²) in [4.78, 5) is 12.3. The highest BCUT2D eigenvalue weighted by Gasteiger charge is 2.52. The van der Waals surface area contributed by atoms with E-state index in [2.05, 4.69) is 33.0 Å². The molecule has 0 aromatic heterocycles. The lowest BCUT2D eigenvalue weighted by atomic mass is 9.59. The molecule has 3 heteroatoms. The van der Waals surface area contributed by atoms with Gasteiger partial charge in [0.05, 0.1) is 5.92 Å². The summed E-state index contributed by atoms with van der Waals surface area (Å²) < 4.78 is 5.78. The fourth-order valence-corrected chi connectivity index (χ4v) is 4.87. The largest absolute Gasteiger partial charge is 0.462 e. The molecule has 1 saturated heterocycles. The highest BCUT2D eigenvalue weighted by Crippen LogP contribution is 2.54. The van der Waals surface area contributed by atoms with Crippen molar-refractivity contribution in [3.8, 4) is 0 Å². The molecular formula is C19H31NO2. The van der Waals surface area contributed by atoms with Gasteiger partial charge < -0.3 is 10.1 Å². The Morgan fingerprint density at radius 2 is 2.18 bits per heavy atom. The monoisotopic (exact) mass is 305 g/mol. The fraction of sp³-hybridized carbons (Fsp3) is 0.842. The van der Waals surface area contributed by atoms with Crippen LogP contribution in [-0.2, 0) is 9.53 Å². The SMILES string of the molecule is CC1=C2C[C@@H]3[C@H](CNCC(C)C)C(=O)O[C@@H]3C[C@@]2(C)CCC1. The molecule has 0 aromatic rings. The van der Waals surface area contributed by atoms with Gasteiger partial charge in [0, 0.05) is 12.5 Å². The van der Waals surface area contributed by atoms with Crippen molar-refractivity contribution in [2.75, 3.05) is 13.1 Å². The van der Waals surface area contributed by atoms with Crippen LogP contribution in [0.2, 0.25) is 0 Å². The molecule has 0 spiro atoms. The van der Waals surface area contributed by atoms with Gasteiger partial charge in [0.25, 0.3) is 0 Å². The van der Waals surface area contributed by atoms with E-state index in [1.54, 1.807) is 11.1 Å². The topological polar surface area (TPSA) is 38.3 Å². The lowest BCUT2D eigenvalue weighted by Crippen LogP contribution is -2.41. The van der Waals surface area contributed by atoms with Gasteiger partial charge in [-0.05, 0) is 56.9 Å². The molecule has 4 atom stereocenters. The van der Waals surface area contributed by atoms with E-state index in [1.807, 2.05) is 0 Å². The van der Waals surface area contributed by atoms with E-state index in [4.69, 9.17) is 4.74 Å². The Labute approximate surface area is 134 Å². The Bertz CT molecular complexity index is 482. The van der Waals surface area contributed by atoms with Crippen LogP contribution in [0.1, 0.15) is 59.8 Å². The second-order valence-corrected chi connectivity index (χ2v) is 8.38. The number of ether oxygens (including phenoxy) is 1. The van der Waals surface area contributed by atoms with Gasteiger partial charge in [0.1, 0.15) is 6.10 Å². The van der Waals surface area contributed by atoms with Crippen LogP contribution in [0, 0.1) is 23.2 Å². The Hall–Kier alpha value is -0.830. The molecule has 1 heterocycles. The van der Waals surface area contributed by atoms with Crippen molar-refractivity contribution in [3.05, 3.63) is 11.1 Å². The summed E-state index contributed by atoms with van der Waals surface area (Å²) in [6.07, 6.45) is 6.06. The van der Waals surface area contributed by atoms with E-state index >= 15 is 0 Å². The van der Waals surface area contributed by atoms with Crippen LogP contribution in [0.3, 0.4) is 0 Å². The molecule has 0 radical (unpaired) electrons. The van der Waals surface area contributed by atoms with Crippen LogP contribution in [-0.4, -0.2) is 25.2 Å². The summed E-state index contributed by atoms with van der Waals surface area (Å²) in [6.45, 7) is 10.8. The highest BCUT2D eigenvalue weighted by atomic mass is 16.6. The lowest BCUT2D eigenvalue weighted by molar-refractivity contribution is -0.145. The summed E-state index contributed by atoms with van der Waals surface area (Å²) in [5.41, 5.74) is 3.51. The molecule has 3 rings (SSSR count). The molecule has 3 aliphatic rings. The van der Waals surface area contributed by atoms with E-state index in [9.17, 15) is 4.79 Å². The van der Waals surface area contributed by atoms with Crippen LogP contribution in [0.15, 0.2) is 11.1 Å². The molecule has 1 N–H and O–H groups in total. The molecule has 2 aliphatic carbocycles. The second kappa shape index (κ2) is 5.99.